The summed E-state index contributed by atoms with van der Waals surface area (Å²) in [6, 6.07) is 15.0. The summed E-state index contributed by atoms with van der Waals surface area (Å²) in [6.07, 6.45) is 3.18. The number of nitrogens with zero attached hydrogens (tertiary/aromatic N) is 4. The molecule has 2 heterocycles. The van der Waals surface area contributed by atoms with Gasteiger partial charge in [0, 0.05) is 11.8 Å². The number of nitrogens with one attached hydrogen (secondary N) is 1. The van der Waals surface area contributed by atoms with Gasteiger partial charge in [0.05, 0.1) is 23.3 Å². The molecule has 0 bridgehead atoms. The maximum atomic E-state index is 11.9. The van der Waals surface area contributed by atoms with Crippen LogP contribution in [0.15, 0.2) is 59.8 Å². The third kappa shape index (κ3) is 3.22. The number of hydrogen-bond donors (Lipinski definition) is 1. The molecule has 120 valence electrons. The summed E-state index contributed by atoms with van der Waals surface area (Å²) in [5.74, 6) is -0.349. The van der Waals surface area contributed by atoms with Crippen LogP contribution in [0, 0.1) is 13.8 Å². The molecule has 0 aliphatic carbocycles. The van der Waals surface area contributed by atoms with Gasteiger partial charge >= 0.3 is 0 Å². The van der Waals surface area contributed by atoms with Crippen molar-refractivity contribution in [1.82, 2.24) is 20.2 Å². The summed E-state index contributed by atoms with van der Waals surface area (Å²) < 4.78 is 1.86. The molecule has 0 aliphatic rings. The molecule has 0 unspecified atom stereocenters. The fourth-order valence-electron chi connectivity index (χ4n) is 2.37. The third-order valence-electron chi connectivity index (χ3n) is 3.61. The lowest BCUT2D eigenvalue weighted by molar-refractivity contribution is 0.0950. The molecule has 0 atom stereocenters. The average molecular weight is 319 g/mol. The van der Waals surface area contributed by atoms with Crippen LogP contribution in [0.3, 0.4) is 0 Å². The standard InChI is InChI=1S/C18H17N5O/c1-13-16(12-20-21-18(24)17-10-6-7-11-19-17)14(2)23(22-13)15-8-4-3-5-9-15/h3-12H,1-2H3,(H,21,24)/b20-12+. The molecule has 3 rings (SSSR count). The van der Waals surface area contributed by atoms with Crippen LogP contribution in [0.5, 0.6) is 0 Å². The van der Waals surface area contributed by atoms with Crippen molar-refractivity contribution in [3.63, 3.8) is 0 Å². The highest BCUT2D eigenvalue weighted by atomic mass is 16.2. The molecular weight excluding hydrogens is 302 g/mol. The predicted octanol–water partition coefficient (Wildman–Crippen LogP) is 2.65. The summed E-state index contributed by atoms with van der Waals surface area (Å²) >= 11 is 0. The SMILES string of the molecule is Cc1nn(-c2ccccc2)c(C)c1/C=N/NC(=O)c1ccccn1. The van der Waals surface area contributed by atoms with Gasteiger partial charge in [-0.15, -0.1) is 0 Å². The van der Waals surface area contributed by atoms with Crippen molar-refractivity contribution in [1.29, 1.82) is 0 Å². The Labute approximate surface area is 139 Å². The number of para-hydroxylation sites is 1. The lowest BCUT2D eigenvalue weighted by atomic mass is 10.2. The summed E-state index contributed by atoms with van der Waals surface area (Å²) in [5.41, 5.74) is 6.45. The normalized spacial score (nSPS) is 10.9. The molecular formula is C18H17N5O. The Morgan fingerprint density at radius 1 is 1.12 bits per heavy atom. The maximum absolute atomic E-state index is 11.9. The van der Waals surface area contributed by atoms with Gasteiger partial charge in [0.2, 0.25) is 0 Å². The number of benzene rings is 1. The molecule has 0 spiro atoms. The van der Waals surface area contributed by atoms with E-state index in [2.05, 4.69) is 20.6 Å². The zero-order valence-corrected chi connectivity index (χ0v) is 13.5. The number of hydrazone groups is 1. The van der Waals surface area contributed by atoms with Gasteiger partial charge in [0.15, 0.2) is 0 Å². The van der Waals surface area contributed by atoms with Gasteiger partial charge in [-0.3, -0.25) is 9.78 Å². The van der Waals surface area contributed by atoms with Crippen LogP contribution in [-0.4, -0.2) is 26.9 Å². The first-order valence-electron chi connectivity index (χ1n) is 7.53. The van der Waals surface area contributed by atoms with Crippen molar-refractivity contribution in [3.8, 4) is 5.69 Å². The number of carbonyl (C=O) groups excluding carboxylic acids is 1. The Kier molecular flexibility index (Phi) is 4.47. The van der Waals surface area contributed by atoms with Crippen molar-refractivity contribution >= 4 is 12.1 Å². The number of amides is 1. The average Bonchev–Trinajstić information content (AvgIpc) is 2.91. The first-order chi connectivity index (χ1) is 11.7. The zero-order chi connectivity index (χ0) is 16.9. The fourth-order valence-corrected chi connectivity index (χ4v) is 2.37. The van der Waals surface area contributed by atoms with Crippen LogP contribution >= 0.6 is 0 Å². The highest BCUT2D eigenvalue weighted by molar-refractivity contribution is 5.93. The van der Waals surface area contributed by atoms with E-state index in [0.29, 0.717) is 5.69 Å². The van der Waals surface area contributed by atoms with E-state index >= 15 is 0 Å². The van der Waals surface area contributed by atoms with E-state index in [-0.39, 0.29) is 5.91 Å². The van der Waals surface area contributed by atoms with Gasteiger partial charge in [0.1, 0.15) is 5.69 Å². The molecule has 0 saturated carbocycles. The van der Waals surface area contributed by atoms with E-state index in [1.54, 1.807) is 30.6 Å². The first kappa shape index (κ1) is 15.6. The van der Waals surface area contributed by atoms with E-state index in [4.69, 9.17) is 0 Å². The molecule has 6 nitrogen and oxygen atoms in total. The van der Waals surface area contributed by atoms with Crippen LogP contribution < -0.4 is 5.43 Å². The third-order valence-corrected chi connectivity index (χ3v) is 3.61. The van der Waals surface area contributed by atoms with Crippen molar-refractivity contribution in [3.05, 3.63) is 77.4 Å². The summed E-state index contributed by atoms with van der Waals surface area (Å²) in [7, 11) is 0. The molecule has 24 heavy (non-hydrogen) atoms. The van der Waals surface area contributed by atoms with E-state index in [0.717, 1.165) is 22.6 Å². The number of aryl methyl sites for hydroxylation is 1. The molecule has 2 aromatic heterocycles. The topological polar surface area (TPSA) is 72.2 Å². The quantitative estimate of drug-likeness (QED) is 0.593. The molecule has 0 saturated heterocycles. The van der Waals surface area contributed by atoms with E-state index < -0.39 is 0 Å². The van der Waals surface area contributed by atoms with Crippen molar-refractivity contribution in [2.75, 3.05) is 0 Å². The van der Waals surface area contributed by atoms with Gasteiger partial charge in [-0.05, 0) is 38.1 Å². The predicted molar refractivity (Wildman–Crippen MR) is 92.3 cm³/mol. The second kappa shape index (κ2) is 6.87. The summed E-state index contributed by atoms with van der Waals surface area (Å²) in [4.78, 5) is 15.9. The van der Waals surface area contributed by atoms with Gasteiger partial charge in [-0.1, -0.05) is 24.3 Å². The van der Waals surface area contributed by atoms with Gasteiger partial charge in [-0.25, -0.2) is 10.1 Å². The molecule has 1 aromatic carbocycles. The Morgan fingerprint density at radius 3 is 2.58 bits per heavy atom. The van der Waals surface area contributed by atoms with Gasteiger partial charge in [0.25, 0.3) is 5.91 Å². The molecule has 6 heteroatoms. The largest absolute Gasteiger partial charge is 0.289 e. The fraction of sp³-hybridized carbons (Fsp3) is 0.111. The number of rotatable bonds is 4. The van der Waals surface area contributed by atoms with Crippen LogP contribution in [0.25, 0.3) is 5.69 Å². The lowest BCUT2D eigenvalue weighted by Gasteiger charge is -2.03. The number of aromatic nitrogens is 3. The van der Waals surface area contributed by atoms with Crippen molar-refractivity contribution < 1.29 is 4.79 Å². The molecule has 1 N–H and O–H groups in total. The van der Waals surface area contributed by atoms with Crippen LogP contribution in [0.4, 0.5) is 0 Å². The minimum absolute atomic E-state index is 0.322. The molecule has 0 aliphatic heterocycles. The van der Waals surface area contributed by atoms with Crippen LogP contribution in [0.2, 0.25) is 0 Å². The molecule has 0 fully saturated rings. The molecule has 0 radical (unpaired) electrons. The Hall–Kier alpha value is -3.28. The smallest absolute Gasteiger partial charge is 0.266 e. The highest BCUT2D eigenvalue weighted by Gasteiger charge is 2.11. The second-order valence-electron chi connectivity index (χ2n) is 5.25. The van der Waals surface area contributed by atoms with E-state index in [9.17, 15) is 4.79 Å². The molecule has 1 amide bonds. The van der Waals surface area contributed by atoms with Crippen LogP contribution in [-0.2, 0) is 0 Å². The number of hydrogen-bond acceptors (Lipinski definition) is 4. The maximum Gasteiger partial charge on any atom is 0.289 e. The van der Waals surface area contributed by atoms with E-state index in [1.165, 1.54) is 0 Å². The summed E-state index contributed by atoms with van der Waals surface area (Å²) in [6.45, 7) is 3.88. The van der Waals surface area contributed by atoms with Gasteiger partial charge in [-0.2, -0.15) is 10.2 Å². The Morgan fingerprint density at radius 2 is 1.88 bits per heavy atom. The summed E-state index contributed by atoms with van der Waals surface area (Å²) in [5, 5.41) is 8.57. The highest BCUT2D eigenvalue weighted by Crippen LogP contribution is 2.15. The lowest BCUT2D eigenvalue weighted by Crippen LogP contribution is -2.18. The second-order valence-corrected chi connectivity index (χ2v) is 5.25. The first-order valence-corrected chi connectivity index (χ1v) is 7.53. The van der Waals surface area contributed by atoms with E-state index in [1.807, 2.05) is 48.9 Å². The molecule has 3 aromatic rings. The minimum atomic E-state index is -0.349. The minimum Gasteiger partial charge on any atom is -0.266 e. The zero-order valence-electron chi connectivity index (χ0n) is 13.5. The van der Waals surface area contributed by atoms with Gasteiger partial charge < -0.3 is 0 Å². The monoisotopic (exact) mass is 319 g/mol. The Bertz CT molecular complexity index is 869. The van der Waals surface area contributed by atoms with Crippen molar-refractivity contribution in [2.24, 2.45) is 5.10 Å². The Balaban J connectivity index is 1.78. The number of carbonyl (C=O) groups is 1. The number of pyridine rings is 1. The van der Waals surface area contributed by atoms with Crippen molar-refractivity contribution in [2.45, 2.75) is 13.8 Å². The van der Waals surface area contributed by atoms with Crippen LogP contribution in [0.1, 0.15) is 27.4 Å².